The van der Waals surface area contributed by atoms with E-state index in [-0.39, 0.29) is 29.8 Å². The van der Waals surface area contributed by atoms with Gasteiger partial charge in [-0.3, -0.25) is 4.98 Å². The summed E-state index contributed by atoms with van der Waals surface area (Å²) in [4.78, 5) is 8.75. The van der Waals surface area contributed by atoms with Gasteiger partial charge in [-0.05, 0) is 31.5 Å². The molecule has 2 N–H and O–H groups in total. The molecule has 1 aromatic heterocycles. The maximum absolute atomic E-state index is 13.6. The zero-order chi connectivity index (χ0) is 15.8. The zero-order valence-corrected chi connectivity index (χ0v) is 15.7. The first-order valence-electron chi connectivity index (χ1n) is 7.36. The highest BCUT2D eigenvalue weighted by Crippen LogP contribution is 2.07. The van der Waals surface area contributed by atoms with Crippen molar-refractivity contribution in [3.05, 3.63) is 65.2 Å². The Bertz CT molecular complexity index is 646. The summed E-state index contributed by atoms with van der Waals surface area (Å²) in [5, 5.41) is 6.37. The molecule has 23 heavy (non-hydrogen) atoms. The van der Waals surface area contributed by atoms with Gasteiger partial charge in [0.1, 0.15) is 5.82 Å². The van der Waals surface area contributed by atoms with E-state index in [1.807, 2.05) is 32.0 Å². The third-order valence-electron chi connectivity index (χ3n) is 3.25. The van der Waals surface area contributed by atoms with Gasteiger partial charge in [-0.1, -0.05) is 24.3 Å². The smallest absolute Gasteiger partial charge is 0.191 e. The molecule has 0 saturated carbocycles. The van der Waals surface area contributed by atoms with Crippen LogP contribution in [-0.2, 0) is 13.1 Å². The number of pyridine rings is 1. The second-order valence-electron chi connectivity index (χ2n) is 4.91. The van der Waals surface area contributed by atoms with Crippen LogP contribution in [0.3, 0.4) is 0 Å². The van der Waals surface area contributed by atoms with E-state index in [2.05, 4.69) is 20.6 Å². The van der Waals surface area contributed by atoms with Crippen molar-refractivity contribution >= 4 is 29.9 Å². The summed E-state index contributed by atoms with van der Waals surface area (Å²) in [5.41, 5.74) is 2.67. The number of hydrogen-bond donors (Lipinski definition) is 2. The number of rotatable bonds is 5. The number of nitrogens with one attached hydrogen (secondary N) is 2. The maximum Gasteiger partial charge on any atom is 0.191 e. The molecule has 124 valence electrons. The molecule has 0 aliphatic heterocycles. The largest absolute Gasteiger partial charge is 0.357 e. The van der Waals surface area contributed by atoms with E-state index < -0.39 is 0 Å². The van der Waals surface area contributed by atoms with Gasteiger partial charge in [0.05, 0.1) is 18.8 Å². The van der Waals surface area contributed by atoms with Crippen LogP contribution in [0, 0.1) is 12.7 Å². The zero-order valence-electron chi connectivity index (χ0n) is 13.3. The van der Waals surface area contributed by atoms with Crippen LogP contribution in [0.1, 0.15) is 23.7 Å². The molecule has 2 rings (SSSR count). The molecule has 0 atom stereocenters. The van der Waals surface area contributed by atoms with Crippen LogP contribution in [0.2, 0.25) is 0 Å². The normalized spacial score (nSPS) is 10.8. The van der Waals surface area contributed by atoms with Gasteiger partial charge in [0.2, 0.25) is 0 Å². The first-order valence-corrected chi connectivity index (χ1v) is 7.36. The molecule has 0 aliphatic rings. The Morgan fingerprint density at radius 2 is 1.96 bits per heavy atom. The lowest BCUT2D eigenvalue weighted by Gasteiger charge is -2.12. The van der Waals surface area contributed by atoms with Crippen LogP contribution in [0.5, 0.6) is 0 Å². The van der Waals surface area contributed by atoms with Crippen LogP contribution in [0.15, 0.2) is 47.6 Å². The van der Waals surface area contributed by atoms with Gasteiger partial charge in [0.15, 0.2) is 5.96 Å². The number of benzene rings is 1. The second kappa shape index (κ2) is 10.1. The number of aliphatic imine (C=N–C) groups is 1. The summed E-state index contributed by atoms with van der Waals surface area (Å²) in [6.45, 7) is 5.63. The molecule has 0 radical (unpaired) electrons. The Balaban J connectivity index is 0.00000264. The van der Waals surface area contributed by atoms with Crippen molar-refractivity contribution in [2.24, 2.45) is 4.99 Å². The number of halogens is 2. The van der Waals surface area contributed by atoms with Crippen molar-refractivity contribution in [1.29, 1.82) is 0 Å². The first-order chi connectivity index (χ1) is 10.7. The van der Waals surface area contributed by atoms with Crippen LogP contribution in [-0.4, -0.2) is 17.5 Å². The van der Waals surface area contributed by atoms with Crippen molar-refractivity contribution in [2.45, 2.75) is 26.9 Å². The maximum atomic E-state index is 13.6. The minimum absolute atomic E-state index is 0. The third-order valence-corrected chi connectivity index (χ3v) is 3.25. The Morgan fingerprint density at radius 3 is 2.65 bits per heavy atom. The van der Waals surface area contributed by atoms with Crippen molar-refractivity contribution in [3.63, 3.8) is 0 Å². The molecule has 1 heterocycles. The molecule has 0 aliphatic carbocycles. The highest BCUT2D eigenvalue weighted by atomic mass is 127. The molecule has 2 aromatic rings. The number of nitrogens with zero attached hydrogens (tertiary/aromatic N) is 2. The summed E-state index contributed by atoms with van der Waals surface area (Å²) < 4.78 is 13.6. The fourth-order valence-corrected chi connectivity index (χ4v) is 2.00. The molecule has 0 saturated heterocycles. The van der Waals surface area contributed by atoms with Crippen LogP contribution in [0.25, 0.3) is 0 Å². The average molecular weight is 428 g/mol. The standard InChI is InChI=1S/C17H21FN4.HI/c1-3-19-17(21-11-14-8-4-5-9-15(14)18)22-12-16-13(2)7-6-10-20-16;/h4-10H,3,11-12H2,1-2H3,(H2,19,21,22);1H. The van der Waals surface area contributed by atoms with Crippen LogP contribution in [0.4, 0.5) is 4.39 Å². The molecule has 4 nitrogen and oxygen atoms in total. The van der Waals surface area contributed by atoms with E-state index in [9.17, 15) is 4.39 Å². The summed E-state index contributed by atoms with van der Waals surface area (Å²) >= 11 is 0. The summed E-state index contributed by atoms with van der Waals surface area (Å²) in [6, 6.07) is 10.6. The first kappa shape index (κ1) is 19.3. The summed E-state index contributed by atoms with van der Waals surface area (Å²) in [5.74, 6) is 0.415. The van der Waals surface area contributed by atoms with Crippen molar-refractivity contribution in [2.75, 3.05) is 6.54 Å². The number of aromatic nitrogens is 1. The van der Waals surface area contributed by atoms with E-state index in [4.69, 9.17) is 0 Å². The van der Waals surface area contributed by atoms with Crippen LogP contribution >= 0.6 is 24.0 Å². The number of hydrogen-bond acceptors (Lipinski definition) is 2. The Morgan fingerprint density at radius 1 is 1.17 bits per heavy atom. The van der Waals surface area contributed by atoms with E-state index in [0.717, 1.165) is 17.8 Å². The molecule has 1 aromatic carbocycles. The highest BCUT2D eigenvalue weighted by Gasteiger charge is 2.03. The molecular formula is C17H22FIN4. The van der Waals surface area contributed by atoms with Gasteiger partial charge in [-0.25, -0.2) is 9.38 Å². The van der Waals surface area contributed by atoms with Crippen molar-refractivity contribution in [3.8, 4) is 0 Å². The summed E-state index contributed by atoms with van der Waals surface area (Å²) in [7, 11) is 0. The van der Waals surface area contributed by atoms with Gasteiger partial charge in [-0.15, -0.1) is 24.0 Å². The molecule has 0 spiro atoms. The Kier molecular flexibility index (Phi) is 8.53. The fraction of sp³-hybridized carbons (Fsp3) is 0.294. The lowest BCUT2D eigenvalue weighted by Crippen LogP contribution is -2.37. The third kappa shape index (κ3) is 6.13. The predicted octanol–water partition coefficient (Wildman–Crippen LogP) is 3.40. The SMILES string of the molecule is CCNC(=NCc1ccccc1F)NCc1ncccc1C.I. The minimum Gasteiger partial charge on any atom is -0.357 e. The number of aryl methyl sites for hydroxylation is 1. The topological polar surface area (TPSA) is 49.3 Å². The average Bonchev–Trinajstić information content (AvgIpc) is 2.53. The molecule has 0 bridgehead atoms. The number of guanidine groups is 1. The van der Waals surface area contributed by atoms with Crippen molar-refractivity contribution < 1.29 is 4.39 Å². The second-order valence-corrected chi connectivity index (χ2v) is 4.91. The van der Waals surface area contributed by atoms with Gasteiger partial charge < -0.3 is 10.6 Å². The molecule has 0 unspecified atom stereocenters. The van der Waals surface area contributed by atoms with Gasteiger partial charge >= 0.3 is 0 Å². The fourth-order valence-electron chi connectivity index (χ4n) is 2.00. The van der Waals surface area contributed by atoms with E-state index in [0.29, 0.717) is 24.6 Å². The summed E-state index contributed by atoms with van der Waals surface area (Å²) in [6.07, 6.45) is 1.77. The van der Waals surface area contributed by atoms with E-state index >= 15 is 0 Å². The minimum atomic E-state index is -0.234. The highest BCUT2D eigenvalue weighted by molar-refractivity contribution is 14.0. The molecule has 0 fully saturated rings. The lowest BCUT2D eigenvalue weighted by atomic mass is 10.2. The van der Waals surface area contributed by atoms with E-state index in [1.54, 1.807) is 18.3 Å². The quantitative estimate of drug-likeness (QED) is 0.436. The predicted molar refractivity (Wildman–Crippen MR) is 102 cm³/mol. The van der Waals surface area contributed by atoms with Gasteiger partial charge in [-0.2, -0.15) is 0 Å². The lowest BCUT2D eigenvalue weighted by molar-refractivity contribution is 0.610. The monoisotopic (exact) mass is 428 g/mol. The Hall–Kier alpha value is -1.70. The van der Waals surface area contributed by atoms with Crippen LogP contribution < -0.4 is 10.6 Å². The molecule has 6 heteroatoms. The van der Waals surface area contributed by atoms with Crippen molar-refractivity contribution in [1.82, 2.24) is 15.6 Å². The van der Waals surface area contributed by atoms with Gasteiger partial charge in [0, 0.05) is 18.3 Å². The molecule has 0 amide bonds. The van der Waals surface area contributed by atoms with E-state index in [1.165, 1.54) is 6.07 Å². The van der Waals surface area contributed by atoms with Gasteiger partial charge in [0.25, 0.3) is 0 Å². The molecular weight excluding hydrogens is 406 g/mol. The Labute approximate surface area is 153 Å².